The van der Waals surface area contributed by atoms with E-state index in [0.717, 1.165) is 37.1 Å². The monoisotopic (exact) mass is 458 g/mol. The first-order chi connectivity index (χ1) is 15.6. The molecule has 3 aliphatic carbocycles. The minimum absolute atomic E-state index is 0.290. The Kier molecular flexibility index (Phi) is 5.96. The fourth-order valence-electron chi connectivity index (χ4n) is 9.37. The van der Waals surface area contributed by atoms with Crippen molar-refractivity contribution in [1.29, 1.82) is 0 Å². The second kappa shape index (κ2) is 8.29. The number of nitrogens with zero attached hydrogens (tertiary/aromatic N) is 4. The zero-order valence-corrected chi connectivity index (χ0v) is 21.5. The molecule has 5 rings (SSSR count). The lowest BCUT2D eigenvalue weighted by atomic mass is 9.47. The van der Waals surface area contributed by atoms with Crippen molar-refractivity contribution >= 4 is 0 Å². The standard InChI is InChI=1S/C27H46N4O2/c1-17(2)7-6-8-18(3)21-9-10-22-20-16-31-24(28-29-30-31)27(33)15-19(32)11-14-26(27,5)23(20)12-13-25(21,22)4/h17-23,32-33H,6-16H2,1-5H3/t18-,19+,20+,21-,22+,23-,25-,26-,27+/m1/s1. The molecular formula is C27H46N4O2. The van der Waals surface area contributed by atoms with Gasteiger partial charge in [-0.05, 0) is 89.9 Å². The number of fused-ring (bicyclic) bond motifs is 7. The van der Waals surface area contributed by atoms with Crippen LogP contribution in [0, 0.1) is 46.3 Å². The smallest absolute Gasteiger partial charge is 0.183 e. The van der Waals surface area contributed by atoms with E-state index in [2.05, 4.69) is 50.1 Å². The van der Waals surface area contributed by atoms with E-state index in [1.807, 2.05) is 4.68 Å². The van der Waals surface area contributed by atoms with Gasteiger partial charge in [-0.3, -0.25) is 0 Å². The Morgan fingerprint density at radius 2 is 1.82 bits per heavy atom. The highest BCUT2D eigenvalue weighted by molar-refractivity contribution is 5.18. The van der Waals surface area contributed by atoms with Crippen LogP contribution in [0.3, 0.4) is 0 Å². The number of rotatable bonds is 5. The van der Waals surface area contributed by atoms with E-state index in [1.54, 1.807) is 0 Å². The van der Waals surface area contributed by atoms with Crippen LogP contribution >= 0.6 is 0 Å². The van der Waals surface area contributed by atoms with Crippen molar-refractivity contribution < 1.29 is 10.2 Å². The van der Waals surface area contributed by atoms with Crippen LogP contribution in [0.5, 0.6) is 0 Å². The predicted molar refractivity (Wildman–Crippen MR) is 128 cm³/mol. The summed E-state index contributed by atoms with van der Waals surface area (Å²) < 4.78 is 1.91. The lowest BCUT2D eigenvalue weighted by molar-refractivity contribution is -0.193. The van der Waals surface area contributed by atoms with Gasteiger partial charge in [-0.1, -0.05) is 53.9 Å². The van der Waals surface area contributed by atoms with Crippen molar-refractivity contribution in [1.82, 2.24) is 20.2 Å². The zero-order valence-electron chi connectivity index (χ0n) is 21.5. The highest BCUT2D eigenvalue weighted by Gasteiger charge is 2.65. The van der Waals surface area contributed by atoms with Gasteiger partial charge in [0, 0.05) is 18.4 Å². The minimum atomic E-state index is -1.15. The van der Waals surface area contributed by atoms with Gasteiger partial charge in [-0.25, -0.2) is 4.68 Å². The molecule has 1 aromatic heterocycles. The van der Waals surface area contributed by atoms with Gasteiger partial charge in [-0.15, -0.1) is 5.10 Å². The lowest BCUT2D eigenvalue weighted by Gasteiger charge is -2.58. The summed E-state index contributed by atoms with van der Waals surface area (Å²) >= 11 is 0. The van der Waals surface area contributed by atoms with E-state index in [-0.39, 0.29) is 5.41 Å². The number of aliphatic hydroxyl groups excluding tert-OH is 1. The molecule has 0 unspecified atom stereocenters. The van der Waals surface area contributed by atoms with Gasteiger partial charge in [-0.2, -0.15) is 0 Å². The molecule has 6 nitrogen and oxygen atoms in total. The van der Waals surface area contributed by atoms with E-state index in [0.29, 0.717) is 35.4 Å². The normalized spacial score (nSPS) is 45.6. The minimum Gasteiger partial charge on any atom is -0.393 e. The van der Waals surface area contributed by atoms with Crippen molar-refractivity contribution in [2.45, 2.75) is 117 Å². The number of aliphatic hydroxyl groups is 2. The molecule has 0 saturated heterocycles. The summed E-state index contributed by atoms with van der Waals surface area (Å²) in [5.74, 6) is 4.56. The molecule has 4 aliphatic rings. The predicted octanol–water partition coefficient (Wildman–Crippen LogP) is 4.95. The molecule has 0 bridgehead atoms. The maximum atomic E-state index is 12.1. The van der Waals surface area contributed by atoms with Crippen molar-refractivity contribution in [2.75, 3.05) is 0 Å². The van der Waals surface area contributed by atoms with E-state index >= 15 is 0 Å². The summed E-state index contributed by atoms with van der Waals surface area (Å²) in [5.41, 5.74) is -1.06. The SMILES string of the molecule is CC(C)CCC[C@@H](C)[C@H]1CC[C@H]2[C@@H]3Cn4nnnc4[C@@]4(O)C[C@@H](O)CC[C@]4(C)[C@@H]3CC[C@]12C. The topological polar surface area (TPSA) is 84.1 Å². The van der Waals surface area contributed by atoms with Crippen molar-refractivity contribution in [3.8, 4) is 0 Å². The molecule has 6 heteroatoms. The average molecular weight is 459 g/mol. The van der Waals surface area contributed by atoms with Crippen LogP contribution in [0.15, 0.2) is 0 Å². The number of hydrogen-bond donors (Lipinski definition) is 2. The average Bonchev–Trinajstić information content (AvgIpc) is 3.33. The third kappa shape index (κ3) is 3.52. The molecule has 0 amide bonds. The Morgan fingerprint density at radius 3 is 2.58 bits per heavy atom. The molecule has 0 aromatic carbocycles. The first kappa shape index (κ1) is 23.7. The summed E-state index contributed by atoms with van der Waals surface area (Å²) in [7, 11) is 0. The maximum absolute atomic E-state index is 12.1. The zero-order chi connectivity index (χ0) is 23.6. The summed E-state index contributed by atoms with van der Waals surface area (Å²) in [6.07, 6.45) is 10.6. The van der Waals surface area contributed by atoms with Crippen molar-refractivity contribution in [2.24, 2.45) is 46.3 Å². The van der Waals surface area contributed by atoms with E-state index in [9.17, 15) is 10.2 Å². The van der Waals surface area contributed by atoms with Crippen LogP contribution in [0.2, 0.25) is 0 Å². The molecule has 0 radical (unpaired) electrons. The molecule has 1 aromatic rings. The summed E-state index contributed by atoms with van der Waals surface area (Å²) in [4.78, 5) is 0. The van der Waals surface area contributed by atoms with Crippen LogP contribution in [0.25, 0.3) is 0 Å². The highest BCUT2D eigenvalue weighted by Crippen LogP contribution is 2.68. The quantitative estimate of drug-likeness (QED) is 0.652. The van der Waals surface area contributed by atoms with Crippen LogP contribution < -0.4 is 0 Å². The second-order valence-electron chi connectivity index (χ2n) is 13.3. The van der Waals surface area contributed by atoms with Crippen LogP contribution in [-0.2, 0) is 12.1 Å². The highest BCUT2D eigenvalue weighted by atomic mass is 16.3. The number of tetrazole rings is 1. The Bertz CT molecular complexity index is 857. The van der Waals surface area contributed by atoms with Gasteiger partial charge < -0.3 is 10.2 Å². The summed E-state index contributed by atoms with van der Waals surface area (Å²) in [5, 5.41) is 35.4. The van der Waals surface area contributed by atoms with E-state index in [1.165, 1.54) is 44.9 Å². The first-order valence-corrected chi connectivity index (χ1v) is 13.8. The van der Waals surface area contributed by atoms with Crippen LogP contribution in [0.4, 0.5) is 0 Å². The fourth-order valence-corrected chi connectivity index (χ4v) is 9.37. The molecule has 2 N–H and O–H groups in total. The Labute approximate surface area is 199 Å². The number of aromatic nitrogens is 4. The van der Waals surface area contributed by atoms with Gasteiger partial charge in [0.25, 0.3) is 0 Å². The van der Waals surface area contributed by atoms with E-state index in [4.69, 9.17) is 0 Å². The lowest BCUT2D eigenvalue weighted by Crippen LogP contribution is -2.57. The molecule has 3 saturated carbocycles. The Balaban J connectivity index is 1.45. The maximum Gasteiger partial charge on any atom is 0.183 e. The van der Waals surface area contributed by atoms with Crippen molar-refractivity contribution in [3.63, 3.8) is 0 Å². The fraction of sp³-hybridized carbons (Fsp3) is 0.963. The van der Waals surface area contributed by atoms with Crippen LogP contribution in [0.1, 0.15) is 105 Å². The van der Waals surface area contributed by atoms with Crippen molar-refractivity contribution in [3.05, 3.63) is 5.82 Å². The first-order valence-electron chi connectivity index (χ1n) is 13.8. The Hall–Kier alpha value is -1.01. The molecule has 2 heterocycles. The van der Waals surface area contributed by atoms with E-state index < -0.39 is 11.7 Å². The third-order valence-corrected chi connectivity index (χ3v) is 11.2. The largest absolute Gasteiger partial charge is 0.393 e. The third-order valence-electron chi connectivity index (χ3n) is 11.2. The van der Waals surface area contributed by atoms with Gasteiger partial charge in [0.05, 0.1) is 6.10 Å². The molecule has 3 fully saturated rings. The van der Waals surface area contributed by atoms with Gasteiger partial charge in [0.1, 0.15) is 5.60 Å². The molecule has 9 atom stereocenters. The summed E-state index contributed by atoms with van der Waals surface area (Å²) in [6, 6.07) is 0. The number of hydrogen-bond acceptors (Lipinski definition) is 5. The molecule has 33 heavy (non-hydrogen) atoms. The van der Waals surface area contributed by atoms with Gasteiger partial charge in [0.2, 0.25) is 0 Å². The molecule has 0 spiro atoms. The molecular weight excluding hydrogens is 412 g/mol. The molecule has 186 valence electrons. The summed E-state index contributed by atoms with van der Waals surface area (Å²) in [6.45, 7) is 12.9. The second-order valence-corrected chi connectivity index (χ2v) is 13.3. The molecule has 1 aliphatic heterocycles. The van der Waals surface area contributed by atoms with Gasteiger partial charge >= 0.3 is 0 Å². The Morgan fingerprint density at radius 1 is 1.03 bits per heavy atom. The van der Waals surface area contributed by atoms with Crippen LogP contribution in [-0.4, -0.2) is 36.5 Å². The van der Waals surface area contributed by atoms with Gasteiger partial charge in [0.15, 0.2) is 5.82 Å².